The highest BCUT2D eigenvalue weighted by molar-refractivity contribution is 5.91. The molecular weight excluding hydrogens is 725 g/mol. The molecule has 0 amide bonds. The minimum absolute atomic E-state index is 0.180. The molecule has 3 aromatic heterocycles. The highest BCUT2D eigenvalue weighted by Crippen LogP contribution is 2.47. The molecular formula is C48H54N6O4. The van der Waals surface area contributed by atoms with Crippen molar-refractivity contribution in [2.24, 2.45) is 23.7 Å². The van der Waals surface area contributed by atoms with Crippen LogP contribution in [0.3, 0.4) is 0 Å². The second-order valence-corrected chi connectivity index (χ2v) is 17.0. The molecule has 12 rings (SSSR count). The first-order chi connectivity index (χ1) is 28.5. The Morgan fingerprint density at radius 2 is 1.07 bits per heavy atom. The molecule has 4 bridgehead atoms. The zero-order valence-corrected chi connectivity index (χ0v) is 34.1. The lowest BCUT2D eigenvalue weighted by Gasteiger charge is -2.52. The Morgan fingerprint density at radius 3 is 1.47 bits per heavy atom. The lowest BCUT2D eigenvalue weighted by molar-refractivity contribution is -0.0505. The molecule has 0 aliphatic carbocycles. The van der Waals surface area contributed by atoms with Crippen LogP contribution in [0.2, 0.25) is 0 Å². The van der Waals surface area contributed by atoms with E-state index in [-0.39, 0.29) is 24.3 Å². The first-order valence-electron chi connectivity index (χ1n) is 21.5. The van der Waals surface area contributed by atoms with Crippen molar-refractivity contribution < 1.29 is 18.9 Å². The minimum atomic E-state index is -0.300. The van der Waals surface area contributed by atoms with Gasteiger partial charge < -0.3 is 18.9 Å². The molecule has 9 heterocycles. The Balaban J connectivity index is 1.06. The van der Waals surface area contributed by atoms with Crippen LogP contribution in [0.4, 0.5) is 0 Å². The van der Waals surface area contributed by atoms with Gasteiger partial charge in [-0.2, -0.15) is 0 Å². The molecule has 3 aromatic carbocycles. The fourth-order valence-corrected chi connectivity index (χ4v) is 11.1. The smallest absolute Gasteiger partial charge is 0.242 e. The van der Waals surface area contributed by atoms with Crippen molar-refractivity contribution in [3.05, 3.63) is 96.3 Å². The Hall–Kier alpha value is -5.06. The predicted octanol–water partition coefficient (Wildman–Crippen LogP) is 9.22. The summed E-state index contributed by atoms with van der Waals surface area (Å²) < 4.78 is 26.0. The normalized spacial score (nSPS) is 27.4. The van der Waals surface area contributed by atoms with Gasteiger partial charge in [0.05, 0.1) is 48.1 Å². The van der Waals surface area contributed by atoms with Crippen molar-refractivity contribution in [1.29, 1.82) is 0 Å². The minimum Gasteiger partial charge on any atom is -0.497 e. The molecule has 300 valence electrons. The second-order valence-electron chi connectivity index (χ2n) is 17.0. The number of pyridine rings is 2. The Kier molecular flexibility index (Phi) is 10.0. The number of benzene rings is 3. The number of hydrogen-bond acceptors (Lipinski definition) is 10. The summed E-state index contributed by atoms with van der Waals surface area (Å²) in [4.78, 5) is 14.8. The van der Waals surface area contributed by atoms with E-state index in [0.29, 0.717) is 35.4 Å². The molecule has 10 atom stereocenters. The van der Waals surface area contributed by atoms with Crippen molar-refractivity contribution in [2.75, 3.05) is 40.4 Å². The molecule has 6 aliphatic rings. The predicted molar refractivity (Wildman–Crippen MR) is 227 cm³/mol. The molecule has 6 aromatic rings. The summed E-state index contributed by atoms with van der Waals surface area (Å²) in [5, 5.41) is 13.7. The van der Waals surface area contributed by atoms with E-state index in [9.17, 15) is 0 Å². The van der Waals surface area contributed by atoms with Crippen LogP contribution in [0, 0.1) is 23.7 Å². The van der Waals surface area contributed by atoms with Crippen LogP contribution in [-0.4, -0.2) is 82.4 Å². The molecule has 0 radical (unpaired) electrons. The van der Waals surface area contributed by atoms with Crippen molar-refractivity contribution in [3.8, 4) is 23.3 Å². The van der Waals surface area contributed by atoms with E-state index < -0.39 is 0 Å². The largest absolute Gasteiger partial charge is 0.497 e. The van der Waals surface area contributed by atoms with E-state index in [2.05, 4.69) is 72.2 Å². The maximum Gasteiger partial charge on any atom is 0.242 e. The Labute approximate surface area is 340 Å². The van der Waals surface area contributed by atoms with Gasteiger partial charge in [-0.3, -0.25) is 19.8 Å². The number of fused-ring (bicyclic) bond motifs is 9. The number of rotatable bonds is 12. The van der Waals surface area contributed by atoms with Crippen LogP contribution < -0.4 is 18.9 Å². The van der Waals surface area contributed by atoms with E-state index >= 15 is 0 Å². The van der Waals surface area contributed by atoms with Gasteiger partial charge in [-0.25, -0.2) is 0 Å². The fraction of sp³-hybridized carbons (Fsp3) is 0.458. The highest BCUT2D eigenvalue weighted by atomic mass is 16.5. The van der Waals surface area contributed by atoms with E-state index in [1.807, 2.05) is 36.7 Å². The zero-order valence-electron chi connectivity index (χ0n) is 34.1. The number of methoxy groups -OCH3 is 2. The standard InChI is InChI=1S/C48H54N6O4/c1-5-29-27-53-21-17-31(29)23-43(53)45(35-15-19-49-41-13-11-33(55-3)25-39(35)41)57-47-37-9-7-8-10-38(37)48(52-51-47)58-46(44-24-32-18-22-54(44)28-30(32)6-2)36-16-20-50-42-14-12-34(56-4)26-40(36)42/h7-16,19-20,25-26,29-32,43-46H,5-6,17-18,21-24,27-28H2,1-4H3/t29-,30-,31-,32-,43?,44?,45+,46+/m0/s1. The van der Waals surface area contributed by atoms with Crippen LogP contribution in [0.5, 0.6) is 23.3 Å². The molecule has 6 saturated heterocycles. The molecule has 58 heavy (non-hydrogen) atoms. The number of aromatic nitrogens is 4. The molecule has 6 aliphatic heterocycles. The van der Waals surface area contributed by atoms with Crippen LogP contribution in [0.1, 0.15) is 75.7 Å². The first-order valence-corrected chi connectivity index (χ1v) is 21.5. The maximum atomic E-state index is 7.30. The van der Waals surface area contributed by atoms with Gasteiger partial charge in [0.1, 0.15) is 23.7 Å². The summed E-state index contributed by atoms with van der Waals surface area (Å²) in [7, 11) is 3.42. The topological polar surface area (TPSA) is 95.0 Å². The molecule has 4 unspecified atom stereocenters. The van der Waals surface area contributed by atoms with Crippen molar-refractivity contribution >= 4 is 32.6 Å². The summed E-state index contributed by atoms with van der Waals surface area (Å²) in [6.07, 6.45) is 10.2. The molecule has 10 heteroatoms. The average molecular weight is 779 g/mol. The number of nitrogens with zero attached hydrogens (tertiary/aromatic N) is 6. The van der Waals surface area contributed by atoms with Crippen LogP contribution in [-0.2, 0) is 0 Å². The molecule has 6 fully saturated rings. The highest BCUT2D eigenvalue weighted by Gasteiger charge is 2.46. The number of hydrogen-bond donors (Lipinski definition) is 0. The summed E-state index contributed by atoms with van der Waals surface area (Å²) in [5.41, 5.74) is 4.01. The van der Waals surface area contributed by atoms with Gasteiger partial charge in [-0.15, -0.1) is 10.2 Å². The monoisotopic (exact) mass is 778 g/mol. The van der Waals surface area contributed by atoms with Crippen molar-refractivity contribution in [2.45, 2.75) is 76.7 Å². The van der Waals surface area contributed by atoms with Gasteiger partial charge in [0.15, 0.2) is 0 Å². The van der Waals surface area contributed by atoms with Gasteiger partial charge in [0, 0.05) is 47.4 Å². The van der Waals surface area contributed by atoms with Crippen LogP contribution >= 0.6 is 0 Å². The summed E-state index contributed by atoms with van der Waals surface area (Å²) >= 11 is 0. The SMILES string of the molecule is CC[C@H]1CN2CC[C@H]1CC2[C@H](Oc1nnc(O[C@H](c2ccnc3ccc(OC)cc23)C2C[C@@H]3CCN2C[C@@H]3CC)c2ccccc12)c1ccnc2ccc(OC)cc12. The quantitative estimate of drug-likeness (QED) is 0.120. The average Bonchev–Trinajstić information content (AvgIpc) is 3.29. The number of piperidine rings is 6. The maximum absolute atomic E-state index is 7.30. The van der Waals surface area contributed by atoms with E-state index in [1.54, 1.807) is 14.2 Å². The third-order valence-corrected chi connectivity index (χ3v) is 14.3. The fourth-order valence-electron chi connectivity index (χ4n) is 11.1. The molecule has 10 nitrogen and oxygen atoms in total. The second kappa shape index (κ2) is 15.6. The Bertz CT molecular complexity index is 2280. The third kappa shape index (κ3) is 6.58. The third-order valence-electron chi connectivity index (χ3n) is 14.3. The summed E-state index contributed by atoms with van der Waals surface area (Å²) in [5.74, 6) is 5.39. The first kappa shape index (κ1) is 37.2. The molecule has 0 spiro atoms. The van der Waals surface area contributed by atoms with Gasteiger partial charge >= 0.3 is 0 Å². The number of ether oxygens (including phenoxy) is 4. The van der Waals surface area contributed by atoms with Crippen molar-refractivity contribution in [1.82, 2.24) is 30.0 Å². The van der Waals surface area contributed by atoms with Crippen molar-refractivity contribution in [3.63, 3.8) is 0 Å². The zero-order chi connectivity index (χ0) is 39.3. The lowest BCUT2D eigenvalue weighted by Crippen LogP contribution is -2.56. The van der Waals surface area contributed by atoms with E-state index in [0.717, 1.165) is 94.2 Å². The van der Waals surface area contributed by atoms with Crippen LogP contribution in [0.15, 0.2) is 85.2 Å². The summed E-state index contributed by atoms with van der Waals surface area (Å²) in [6, 6.07) is 25.1. The molecule has 0 N–H and O–H groups in total. The van der Waals surface area contributed by atoms with Gasteiger partial charge in [-0.1, -0.05) is 38.8 Å². The van der Waals surface area contributed by atoms with E-state index in [1.165, 1.54) is 25.7 Å². The van der Waals surface area contributed by atoms with Gasteiger partial charge in [-0.05, 0) is 123 Å². The van der Waals surface area contributed by atoms with Crippen LogP contribution in [0.25, 0.3) is 32.6 Å². The molecule has 0 saturated carbocycles. The van der Waals surface area contributed by atoms with Gasteiger partial charge in [0.2, 0.25) is 11.8 Å². The lowest BCUT2D eigenvalue weighted by atomic mass is 9.72. The Morgan fingerprint density at radius 1 is 0.603 bits per heavy atom. The van der Waals surface area contributed by atoms with E-state index in [4.69, 9.17) is 39.1 Å². The van der Waals surface area contributed by atoms with Gasteiger partial charge in [0.25, 0.3) is 0 Å². The summed E-state index contributed by atoms with van der Waals surface area (Å²) in [6.45, 7) is 9.00.